The predicted molar refractivity (Wildman–Crippen MR) is 59.6 cm³/mol. The highest BCUT2D eigenvalue weighted by Crippen LogP contribution is 2.45. The van der Waals surface area contributed by atoms with Gasteiger partial charge in [-0.05, 0) is 37.8 Å². The Kier molecular flexibility index (Phi) is 2.36. The van der Waals surface area contributed by atoms with Gasteiger partial charge in [0, 0.05) is 6.42 Å². The van der Waals surface area contributed by atoms with Gasteiger partial charge in [0.25, 0.3) is 0 Å². The molecule has 0 aliphatic heterocycles. The van der Waals surface area contributed by atoms with E-state index in [1.54, 1.807) is 13.8 Å². The van der Waals surface area contributed by atoms with Crippen molar-refractivity contribution in [1.82, 2.24) is 0 Å². The van der Waals surface area contributed by atoms with Gasteiger partial charge in [-0.2, -0.15) is 0 Å². The Morgan fingerprint density at radius 1 is 1.20 bits per heavy atom. The summed E-state index contributed by atoms with van der Waals surface area (Å²) in [4.78, 5) is 0. The maximum Gasteiger partial charge on any atom is 0.0899 e. The molecule has 2 rings (SSSR count). The molecule has 15 heavy (non-hydrogen) atoms. The average molecular weight is 206 g/mol. The van der Waals surface area contributed by atoms with E-state index in [0.717, 1.165) is 24.0 Å². The third-order valence-electron chi connectivity index (χ3n) is 2.85. The molecule has 1 aliphatic carbocycles. The Balaban J connectivity index is 2.11. The summed E-state index contributed by atoms with van der Waals surface area (Å²) in [7, 11) is 0. The Bertz CT molecular complexity index is 342. The lowest BCUT2D eigenvalue weighted by atomic mass is 9.97. The van der Waals surface area contributed by atoms with Gasteiger partial charge < -0.3 is 10.2 Å². The fraction of sp³-hybridized carbons (Fsp3) is 0.538. The lowest BCUT2D eigenvalue weighted by Gasteiger charge is -2.17. The molecule has 0 aromatic heterocycles. The van der Waals surface area contributed by atoms with Crippen LogP contribution in [0.5, 0.6) is 0 Å². The SMILES string of the molecule is CC(C)(O)Cc1ccc(C2(O)CC2)cc1. The van der Waals surface area contributed by atoms with E-state index in [9.17, 15) is 10.2 Å². The normalized spacial score (nSPS) is 18.9. The monoisotopic (exact) mass is 206 g/mol. The molecule has 1 fully saturated rings. The minimum absolute atomic E-state index is 0.548. The second-order valence-corrected chi connectivity index (χ2v) is 5.22. The summed E-state index contributed by atoms with van der Waals surface area (Å²) in [5.74, 6) is 0. The summed E-state index contributed by atoms with van der Waals surface area (Å²) in [5, 5.41) is 19.5. The Morgan fingerprint density at radius 2 is 1.73 bits per heavy atom. The first kappa shape index (κ1) is 10.7. The quantitative estimate of drug-likeness (QED) is 0.794. The van der Waals surface area contributed by atoms with Crippen LogP contribution in [0.1, 0.15) is 37.8 Å². The second-order valence-electron chi connectivity index (χ2n) is 5.22. The van der Waals surface area contributed by atoms with Crippen LogP contribution in [0.15, 0.2) is 24.3 Å². The van der Waals surface area contributed by atoms with E-state index in [0.29, 0.717) is 6.42 Å². The fourth-order valence-corrected chi connectivity index (χ4v) is 1.84. The van der Waals surface area contributed by atoms with Gasteiger partial charge in [-0.15, -0.1) is 0 Å². The molecule has 2 N–H and O–H groups in total. The topological polar surface area (TPSA) is 40.5 Å². The zero-order chi connectivity index (χ0) is 11.1. The van der Waals surface area contributed by atoms with Crippen LogP contribution in [0.25, 0.3) is 0 Å². The zero-order valence-electron chi connectivity index (χ0n) is 9.33. The maximum absolute atomic E-state index is 9.87. The predicted octanol–water partition coefficient (Wildman–Crippen LogP) is 1.98. The van der Waals surface area contributed by atoms with Gasteiger partial charge in [0.2, 0.25) is 0 Å². The zero-order valence-corrected chi connectivity index (χ0v) is 9.33. The van der Waals surface area contributed by atoms with Crippen LogP contribution >= 0.6 is 0 Å². The molecule has 0 saturated heterocycles. The molecule has 0 amide bonds. The summed E-state index contributed by atoms with van der Waals surface area (Å²) >= 11 is 0. The molecule has 0 bridgehead atoms. The Morgan fingerprint density at radius 3 is 2.13 bits per heavy atom. The molecule has 1 aromatic rings. The van der Waals surface area contributed by atoms with Crippen molar-refractivity contribution in [3.05, 3.63) is 35.4 Å². The van der Waals surface area contributed by atoms with Crippen LogP contribution < -0.4 is 0 Å². The van der Waals surface area contributed by atoms with Crippen molar-refractivity contribution in [3.8, 4) is 0 Å². The Hall–Kier alpha value is -0.860. The molecular weight excluding hydrogens is 188 g/mol. The highest BCUT2D eigenvalue weighted by Gasteiger charge is 2.41. The van der Waals surface area contributed by atoms with Gasteiger partial charge in [0.15, 0.2) is 0 Å². The molecule has 82 valence electrons. The van der Waals surface area contributed by atoms with Gasteiger partial charge in [-0.1, -0.05) is 24.3 Å². The van der Waals surface area contributed by atoms with E-state index in [1.807, 2.05) is 24.3 Å². The van der Waals surface area contributed by atoms with Crippen LogP contribution in [-0.4, -0.2) is 15.8 Å². The first-order chi connectivity index (χ1) is 6.89. The van der Waals surface area contributed by atoms with E-state index in [2.05, 4.69) is 0 Å². The molecular formula is C13H18O2. The lowest BCUT2D eigenvalue weighted by Crippen LogP contribution is -2.21. The summed E-state index contributed by atoms with van der Waals surface area (Å²) in [6.45, 7) is 3.60. The van der Waals surface area contributed by atoms with Gasteiger partial charge in [-0.3, -0.25) is 0 Å². The van der Waals surface area contributed by atoms with Crippen molar-refractivity contribution >= 4 is 0 Å². The standard InChI is InChI=1S/C13H18O2/c1-12(2,14)9-10-3-5-11(6-4-10)13(15)7-8-13/h3-6,14-15H,7-9H2,1-2H3. The van der Waals surface area contributed by atoms with Crippen molar-refractivity contribution in [2.45, 2.75) is 44.3 Å². The summed E-state index contributed by atoms with van der Waals surface area (Å²) in [6, 6.07) is 7.91. The molecule has 0 spiro atoms. The molecule has 0 atom stereocenters. The molecule has 0 heterocycles. The summed E-state index contributed by atoms with van der Waals surface area (Å²) in [6.07, 6.45) is 2.39. The van der Waals surface area contributed by atoms with Crippen molar-refractivity contribution in [2.24, 2.45) is 0 Å². The smallest absolute Gasteiger partial charge is 0.0899 e. The third kappa shape index (κ3) is 2.58. The first-order valence-electron chi connectivity index (χ1n) is 5.43. The molecule has 2 nitrogen and oxygen atoms in total. The Labute approximate surface area is 90.6 Å². The molecule has 1 aromatic carbocycles. The van der Waals surface area contributed by atoms with Crippen LogP contribution in [0, 0.1) is 0 Å². The van der Waals surface area contributed by atoms with Crippen LogP contribution in [0.3, 0.4) is 0 Å². The minimum Gasteiger partial charge on any atom is -0.390 e. The van der Waals surface area contributed by atoms with E-state index in [4.69, 9.17) is 0 Å². The number of rotatable bonds is 3. The van der Waals surface area contributed by atoms with Crippen molar-refractivity contribution in [1.29, 1.82) is 0 Å². The van der Waals surface area contributed by atoms with Gasteiger partial charge >= 0.3 is 0 Å². The molecule has 0 radical (unpaired) electrons. The van der Waals surface area contributed by atoms with Gasteiger partial charge in [0.1, 0.15) is 0 Å². The van der Waals surface area contributed by atoms with Crippen molar-refractivity contribution in [2.75, 3.05) is 0 Å². The lowest BCUT2D eigenvalue weighted by molar-refractivity contribution is 0.0810. The van der Waals surface area contributed by atoms with Crippen molar-refractivity contribution < 1.29 is 10.2 Å². The summed E-state index contributed by atoms with van der Waals surface area (Å²) < 4.78 is 0. The van der Waals surface area contributed by atoms with Gasteiger partial charge in [0.05, 0.1) is 11.2 Å². The molecule has 1 aliphatic rings. The second kappa shape index (κ2) is 3.32. The van der Waals surface area contributed by atoms with Crippen molar-refractivity contribution in [3.63, 3.8) is 0 Å². The fourth-order valence-electron chi connectivity index (χ4n) is 1.84. The highest BCUT2D eigenvalue weighted by atomic mass is 16.3. The van der Waals surface area contributed by atoms with Gasteiger partial charge in [-0.25, -0.2) is 0 Å². The maximum atomic E-state index is 9.87. The van der Waals surface area contributed by atoms with E-state index < -0.39 is 11.2 Å². The van der Waals surface area contributed by atoms with E-state index >= 15 is 0 Å². The minimum atomic E-state index is -0.669. The number of benzene rings is 1. The average Bonchev–Trinajstić information content (AvgIpc) is 2.83. The van der Waals surface area contributed by atoms with Crippen LogP contribution in [0.2, 0.25) is 0 Å². The summed E-state index contributed by atoms with van der Waals surface area (Å²) in [5.41, 5.74) is 0.892. The number of hydrogen-bond donors (Lipinski definition) is 2. The first-order valence-corrected chi connectivity index (χ1v) is 5.43. The van der Waals surface area contributed by atoms with E-state index in [1.165, 1.54) is 0 Å². The van der Waals surface area contributed by atoms with Crippen LogP contribution in [0.4, 0.5) is 0 Å². The largest absolute Gasteiger partial charge is 0.390 e. The van der Waals surface area contributed by atoms with E-state index in [-0.39, 0.29) is 0 Å². The number of aliphatic hydroxyl groups is 2. The third-order valence-corrected chi connectivity index (χ3v) is 2.85. The molecule has 0 unspecified atom stereocenters. The molecule has 2 heteroatoms. The number of hydrogen-bond acceptors (Lipinski definition) is 2. The van der Waals surface area contributed by atoms with Crippen LogP contribution in [-0.2, 0) is 12.0 Å². The molecule has 1 saturated carbocycles. The highest BCUT2D eigenvalue weighted by molar-refractivity contribution is 5.31.